The Kier molecular flexibility index (Phi) is 4.66. The molecule has 1 aromatic heterocycles. The number of rotatable bonds is 6. The van der Waals surface area contributed by atoms with Crippen LogP contribution in [0.25, 0.3) is 0 Å². The predicted molar refractivity (Wildman–Crippen MR) is 59.3 cm³/mol. The summed E-state index contributed by atoms with van der Waals surface area (Å²) in [4.78, 5) is 4.04. The van der Waals surface area contributed by atoms with Gasteiger partial charge in [0.15, 0.2) is 0 Å². The van der Waals surface area contributed by atoms with E-state index < -0.39 is 0 Å². The standard InChI is InChI=1S/C11H21N3/c1-4-5-10(2)13-8-11(3)14-7-6-12-9-14/h6-7,9-11,13H,4-5,8H2,1-3H3. The molecule has 1 heterocycles. The zero-order valence-electron chi connectivity index (χ0n) is 9.40. The molecule has 0 amide bonds. The second-order valence-corrected chi connectivity index (χ2v) is 3.96. The van der Waals surface area contributed by atoms with E-state index in [1.807, 2.05) is 18.7 Å². The summed E-state index contributed by atoms with van der Waals surface area (Å²) in [5.41, 5.74) is 0. The van der Waals surface area contributed by atoms with Crippen LogP contribution in [0, 0.1) is 0 Å². The summed E-state index contributed by atoms with van der Waals surface area (Å²) in [6, 6.07) is 1.10. The van der Waals surface area contributed by atoms with Crippen molar-refractivity contribution in [1.29, 1.82) is 0 Å². The molecule has 0 aliphatic rings. The second kappa shape index (κ2) is 5.81. The zero-order chi connectivity index (χ0) is 10.4. The lowest BCUT2D eigenvalue weighted by Gasteiger charge is -2.18. The number of nitrogens with zero attached hydrogens (tertiary/aromatic N) is 2. The minimum atomic E-state index is 0.483. The molecule has 2 unspecified atom stereocenters. The highest BCUT2D eigenvalue weighted by atomic mass is 15.1. The van der Waals surface area contributed by atoms with Crippen LogP contribution in [0.5, 0.6) is 0 Å². The molecule has 1 aromatic rings. The molecule has 0 saturated carbocycles. The smallest absolute Gasteiger partial charge is 0.0948 e. The van der Waals surface area contributed by atoms with Gasteiger partial charge < -0.3 is 9.88 Å². The molecule has 0 fully saturated rings. The van der Waals surface area contributed by atoms with Crippen LogP contribution in [0.4, 0.5) is 0 Å². The zero-order valence-corrected chi connectivity index (χ0v) is 9.40. The van der Waals surface area contributed by atoms with Gasteiger partial charge in [-0.2, -0.15) is 0 Å². The van der Waals surface area contributed by atoms with Gasteiger partial charge in [0.25, 0.3) is 0 Å². The molecule has 80 valence electrons. The SMILES string of the molecule is CCCC(C)NCC(C)n1ccnc1. The summed E-state index contributed by atoms with van der Waals surface area (Å²) >= 11 is 0. The lowest BCUT2D eigenvalue weighted by molar-refractivity contribution is 0.435. The number of imidazole rings is 1. The number of hydrogen-bond donors (Lipinski definition) is 1. The van der Waals surface area contributed by atoms with E-state index in [4.69, 9.17) is 0 Å². The van der Waals surface area contributed by atoms with Crippen molar-refractivity contribution in [2.75, 3.05) is 6.54 Å². The van der Waals surface area contributed by atoms with Crippen LogP contribution in [0.15, 0.2) is 18.7 Å². The van der Waals surface area contributed by atoms with Crippen LogP contribution in [0.3, 0.4) is 0 Å². The normalized spacial score (nSPS) is 15.4. The molecular formula is C11H21N3. The van der Waals surface area contributed by atoms with E-state index in [-0.39, 0.29) is 0 Å². The first-order chi connectivity index (χ1) is 6.74. The number of aromatic nitrogens is 2. The van der Waals surface area contributed by atoms with Gasteiger partial charge in [-0.15, -0.1) is 0 Å². The van der Waals surface area contributed by atoms with E-state index in [0.29, 0.717) is 12.1 Å². The fourth-order valence-electron chi connectivity index (χ4n) is 1.54. The van der Waals surface area contributed by atoms with Crippen LogP contribution in [0.1, 0.15) is 39.7 Å². The Morgan fingerprint density at radius 2 is 2.21 bits per heavy atom. The molecule has 1 rings (SSSR count). The molecule has 0 aliphatic heterocycles. The Morgan fingerprint density at radius 1 is 1.43 bits per heavy atom. The van der Waals surface area contributed by atoms with E-state index >= 15 is 0 Å². The highest BCUT2D eigenvalue weighted by Gasteiger charge is 2.05. The van der Waals surface area contributed by atoms with Crippen LogP contribution < -0.4 is 5.32 Å². The third-order valence-electron chi connectivity index (χ3n) is 2.52. The summed E-state index contributed by atoms with van der Waals surface area (Å²) < 4.78 is 2.13. The third-order valence-corrected chi connectivity index (χ3v) is 2.52. The average molecular weight is 195 g/mol. The van der Waals surface area contributed by atoms with Gasteiger partial charge in [0, 0.05) is 31.0 Å². The average Bonchev–Trinajstić information content (AvgIpc) is 2.67. The van der Waals surface area contributed by atoms with Crippen LogP contribution >= 0.6 is 0 Å². The van der Waals surface area contributed by atoms with Crippen LogP contribution in [0.2, 0.25) is 0 Å². The summed E-state index contributed by atoms with van der Waals surface area (Å²) in [6.07, 6.45) is 8.20. The molecular weight excluding hydrogens is 174 g/mol. The molecule has 0 aromatic carbocycles. The van der Waals surface area contributed by atoms with Gasteiger partial charge in [0.05, 0.1) is 6.33 Å². The predicted octanol–water partition coefficient (Wildman–Crippen LogP) is 2.22. The molecule has 1 N–H and O–H groups in total. The molecule has 3 nitrogen and oxygen atoms in total. The first-order valence-electron chi connectivity index (χ1n) is 5.44. The second-order valence-electron chi connectivity index (χ2n) is 3.96. The molecule has 3 heteroatoms. The van der Waals surface area contributed by atoms with Gasteiger partial charge in [-0.1, -0.05) is 13.3 Å². The Hall–Kier alpha value is -0.830. The van der Waals surface area contributed by atoms with E-state index in [0.717, 1.165) is 6.54 Å². The molecule has 14 heavy (non-hydrogen) atoms. The van der Waals surface area contributed by atoms with Crippen molar-refractivity contribution in [3.8, 4) is 0 Å². The van der Waals surface area contributed by atoms with E-state index in [1.54, 1.807) is 0 Å². The first-order valence-corrected chi connectivity index (χ1v) is 5.44. The van der Waals surface area contributed by atoms with E-state index in [1.165, 1.54) is 12.8 Å². The maximum Gasteiger partial charge on any atom is 0.0948 e. The summed E-state index contributed by atoms with van der Waals surface area (Å²) in [5, 5.41) is 3.52. The van der Waals surface area contributed by atoms with Gasteiger partial charge in [0.2, 0.25) is 0 Å². The highest BCUT2D eigenvalue weighted by Crippen LogP contribution is 2.03. The largest absolute Gasteiger partial charge is 0.333 e. The molecule has 0 saturated heterocycles. The van der Waals surface area contributed by atoms with Crippen molar-refractivity contribution < 1.29 is 0 Å². The minimum Gasteiger partial charge on any atom is -0.333 e. The van der Waals surface area contributed by atoms with Crippen LogP contribution in [-0.4, -0.2) is 22.1 Å². The van der Waals surface area contributed by atoms with Crippen molar-refractivity contribution >= 4 is 0 Å². The number of hydrogen-bond acceptors (Lipinski definition) is 2. The van der Waals surface area contributed by atoms with Gasteiger partial charge in [-0.3, -0.25) is 0 Å². The summed E-state index contributed by atoms with van der Waals surface area (Å²) in [6.45, 7) is 7.67. The van der Waals surface area contributed by atoms with Crippen LogP contribution in [-0.2, 0) is 0 Å². The lowest BCUT2D eigenvalue weighted by Crippen LogP contribution is -2.31. The molecule has 0 bridgehead atoms. The molecule has 0 radical (unpaired) electrons. The molecule has 0 aliphatic carbocycles. The maximum atomic E-state index is 4.04. The Morgan fingerprint density at radius 3 is 2.79 bits per heavy atom. The first kappa shape index (κ1) is 11.2. The van der Waals surface area contributed by atoms with Crippen molar-refractivity contribution in [3.63, 3.8) is 0 Å². The van der Waals surface area contributed by atoms with Gasteiger partial charge in [-0.25, -0.2) is 4.98 Å². The topological polar surface area (TPSA) is 29.9 Å². The van der Waals surface area contributed by atoms with Gasteiger partial charge in [0.1, 0.15) is 0 Å². The number of nitrogens with one attached hydrogen (secondary N) is 1. The highest BCUT2D eigenvalue weighted by molar-refractivity contribution is 4.80. The third kappa shape index (κ3) is 3.50. The van der Waals surface area contributed by atoms with Crippen molar-refractivity contribution in [1.82, 2.24) is 14.9 Å². The van der Waals surface area contributed by atoms with E-state index in [9.17, 15) is 0 Å². The summed E-state index contributed by atoms with van der Waals surface area (Å²) in [5.74, 6) is 0. The maximum absolute atomic E-state index is 4.04. The Bertz CT molecular complexity index is 231. The molecule has 2 atom stereocenters. The quantitative estimate of drug-likeness (QED) is 0.754. The van der Waals surface area contributed by atoms with Gasteiger partial charge >= 0.3 is 0 Å². The lowest BCUT2D eigenvalue weighted by atomic mass is 10.2. The Balaban J connectivity index is 2.24. The van der Waals surface area contributed by atoms with Crippen molar-refractivity contribution in [2.45, 2.75) is 45.7 Å². The van der Waals surface area contributed by atoms with Crippen molar-refractivity contribution in [2.24, 2.45) is 0 Å². The monoisotopic (exact) mass is 195 g/mol. The van der Waals surface area contributed by atoms with Crippen molar-refractivity contribution in [3.05, 3.63) is 18.7 Å². The minimum absolute atomic E-state index is 0.483. The van der Waals surface area contributed by atoms with Gasteiger partial charge in [-0.05, 0) is 20.3 Å². The molecule has 0 spiro atoms. The fraction of sp³-hybridized carbons (Fsp3) is 0.727. The van der Waals surface area contributed by atoms with E-state index in [2.05, 4.69) is 35.6 Å². The summed E-state index contributed by atoms with van der Waals surface area (Å²) in [7, 11) is 0. The fourth-order valence-corrected chi connectivity index (χ4v) is 1.54. The Labute approximate surface area is 86.5 Å².